The van der Waals surface area contributed by atoms with Crippen LogP contribution >= 0.6 is 0 Å². The van der Waals surface area contributed by atoms with E-state index in [0.29, 0.717) is 0 Å². The first-order chi connectivity index (χ1) is 9.18. The average molecular weight is 255 g/mol. The summed E-state index contributed by atoms with van der Waals surface area (Å²) in [6.07, 6.45) is 9.20. The minimum atomic E-state index is -0.0894. The number of aromatic amines is 1. The third-order valence-corrected chi connectivity index (χ3v) is 5.51. The van der Waals surface area contributed by atoms with E-state index in [1.807, 2.05) is 6.07 Å². The molecule has 0 saturated heterocycles. The summed E-state index contributed by atoms with van der Waals surface area (Å²) >= 11 is 0. The van der Waals surface area contributed by atoms with E-state index in [1.54, 1.807) is 6.20 Å². The summed E-state index contributed by atoms with van der Waals surface area (Å²) in [6, 6.07) is 1.90. The molecule has 1 aromatic heterocycles. The predicted octanol–water partition coefficient (Wildman–Crippen LogP) is 2.11. The Balaban J connectivity index is 1.80. The highest BCUT2D eigenvalue weighted by Crippen LogP contribution is 2.60. The van der Waals surface area contributed by atoms with E-state index < -0.39 is 0 Å². The average Bonchev–Trinajstić information content (AvgIpc) is 2.36. The predicted molar refractivity (Wildman–Crippen MR) is 69.4 cm³/mol. The van der Waals surface area contributed by atoms with Crippen LogP contribution in [0.3, 0.4) is 0 Å². The van der Waals surface area contributed by atoms with Crippen molar-refractivity contribution in [3.05, 3.63) is 27.9 Å². The SMILES string of the molecule is N#Cc1ncc(C23CC4CC(CC(C4)C2)C3)c(=O)[nH]1. The van der Waals surface area contributed by atoms with Crippen molar-refractivity contribution in [2.24, 2.45) is 17.8 Å². The molecule has 0 aromatic carbocycles. The lowest BCUT2D eigenvalue weighted by atomic mass is 9.48. The molecular formula is C15H17N3O. The van der Waals surface area contributed by atoms with E-state index in [1.165, 1.54) is 19.3 Å². The third kappa shape index (κ3) is 1.57. The number of nitriles is 1. The van der Waals surface area contributed by atoms with Crippen molar-refractivity contribution in [2.45, 2.75) is 43.9 Å². The van der Waals surface area contributed by atoms with Gasteiger partial charge in [0.1, 0.15) is 6.07 Å². The summed E-state index contributed by atoms with van der Waals surface area (Å²) < 4.78 is 0. The van der Waals surface area contributed by atoms with Crippen LogP contribution < -0.4 is 5.56 Å². The van der Waals surface area contributed by atoms with Gasteiger partial charge >= 0.3 is 0 Å². The maximum atomic E-state index is 12.3. The Kier molecular flexibility index (Phi) is 2.18. The molecular weight excluding hydrogens is 238 g/mol. The highest BCUT2D eigenvalue weighted by molar-refractivity contribution is 5.26. The molecule has 4 nitrogen and oxygen atoms in total. The maximum absolute atomic E-state index is 12.3. The Labute approximate surface area is 111 Å². The topological polar surface area (TPSA) is 69.5 Å². The lowest BCUT2D eigenvalue weighted by Crippen LogP contribution is -2.50. The monoisotopic (exact) mass is 255 g/mol. The van der Waals surface area contributed by atoms with Gasteiger partial charge in [0.25, 0.3) is 5.56 Å². The molecule has 0 radical (unpaired) electrons. The number of nitrogens with one attached hydrogen (secondary N) is 1. The van der Waals surface area contributed by atoms with Crippen LogP contribution in [0.4, 0.5) is 0 Å². The van der Waals surface area contributed by atoms with Crippen LogP contribution in [0.5, 0.6) is 0 Å². The molecule has 1 N–H and O–H groups in total. The van der Waals surface area contributed by atoms with Crippen molar-refractivity contribution in [1.82, 2.24) is 9.97 Å². The second-order valence-corrected chi connectivity index (χ2v) is 6.78. The Morgan fingerprint density at radius 3 is 2.26 bits per heavy atom. The van der Waals surface area contributed by atoms with Gasteiger partial charge in [-0.15, -0.1) is 0 Å². The summed E-state index contributed by atoms with van der Waals surface area (Å²) in [6.45, 7) is 0. The van der Waals surface area contributed by atoms with E-state index in [4.69, 9.17) is 5.26 Å². The normalized spacial score (nSPS) is 39.2. The molecule has 0 amide bonds. The van der Waals surface area contributed by atoms with Gasteiger partial charge in [0, 0.05) is 17.2 Å². The molecule has 0 aliphatic heterocycles. The zero-order valence-electron chi connectivity index (χ0n) is 10.9. The molecule has 0 atom stereocenters. The number of aromatic nitrogens is 2. The molecule has 4 aliphatic rings. The van der Waals surface area contributed by atoms with Crippen LogP contribution in [-0.2, 0) is 5.41 Å². The standard InChI is InChI=1S/C15H17N3O/c16-7-13-17-8-12(14(19)18-13)15-4-9-1-10(5-15)3-11(2-9)6-15/h8-11H,1-6H2,(H,17,18,19). The maximum Gasteiger partial charge on any atom is 0.255 e. The molecule has 4 saturated carbocycles. The van der Waals surface area contributed by atoms with Gasteiger partial charge in [-0.2, -0.15) is 5.26 Å². The molecule has 19 heavy (non-hydrogen) atoms. The fraction of sp³-hybridized carbons (Fsp3) is 0.667. The largest absolute Gasteiger partial charge is 0.298 e. The number of H-pyrrole nitrogens is 1. The van der Waals surface area contributed by atoms with Gasteiger partial charge in [0.05, 0.1) is 0 Å². The Morgan fingerprint density at radius 2 is 1.79 bits per heavy atom. The van der Waals surface area contributed by atoms with Crippen molar-refractivity contribution in [3.8, 4) is 6.07 Å². The van der Waals surface area contributed by atoms with Crippen LogP contribution in [0.15, 0.2) is 11.0 Å². The number of hydrogen-bond acceptors (Lipinski definition) is 3. The summed E-state index contributed by atoms with van der Waals surface area (Å²) in [5, 5.41) is 8.80. The van der Waals surface area contributed by atoms with Gasteiger partial charge in [-0.25, -0.2) is 4.98 Å². The Hall–Kier alpha value is -1.63. The summed E-state index contributed by atoms with van der Waals surface area (Å²) in [5.41, 5.74) is 0.808. The van der Waals surface area contributed by atoms with Crippen molar-refractivity contribution < 1.29 is 0 Å². The first-order valence-electron chi connectivity index (χ1n) is 7.18. The fourth-order valence-corrected chi connectivity index (χ4v) is 5.27. The second-order valence-electron chi connectivity index (χ2n) is 6.78. The molecule has 4 bridgehead atoms. The van der Waals surface area contributed by atoms with Crippen LogP contribution in [0, 0.1) is 29.1 Å². The van der Waals surface area contributed by atoms with Gasteiger partial charge in [-0.3, -0.25) is 9.78 Å². The molecule has 0 spiro atoms. The van der Waals surface area contributed by atoms with E-state index in [2.05, 4.69) is 9.97 Å². The Morgan fingerprint density at radius 1 is 1.21 bits per heavy atom. The van der Waals surface area contributed by atoms with Gasteiger partial charge in [0.2, 0.25) is 5.82 Å². The van der Waals surface area contributed by atoms with Gasteiger partial charge < -0.3 is 0 Å². The Bertz CT molecular complexity index is 590. The molecule has 4 heteroatoms. The molecule has 1 heterocycles. The van der Waals surface area contributed by atoms with Crippen molar-refractivity contribution in [2.75, 3.05) is 0 Å². The van der Waals surface area contributed by atoms with Gasteiger partial charge in [0.15, 0.2) is 0 Å². The molecule has 1 aromatic rings. The zero-order chi connectivity index (χ0) is 13.0. The van der Waals surface area contributed by atoms with E-state index in [0.717, 1.165) is 42.6 Å². The van der Waals surface area contributed by atoms with E-state index in [9.17, 15) is 4.79 Å². The molecule has 98 valence electrons. The van der Waals surface area contributed by atoms with Crippen molar-refractivity contribution >= 4 is 0 Å². The zero-order valence-corrected chi connectivity index (χ0v) is 10.9. The summed E-state index contributed by atoms with van der Waals surface area (Å²) in [4.78, 5) is 19.0. The first-order valence-corrected chi connectivity index (χ1v) is 7.18. The summed E-state index contributed by atoms with van der Waals surface area (Å²) in [7, 11) is 0. The highest BCUT2D eigenvalue weighted by Gasteiger charge is 2.52. The smallest absolute Gasteiger partial charge is 0.255 e. The lowest BCUT2D eigenvalue weighted by molar-refractivity contribution is -0.00601. The molecule has 4 fully saturated rings. The van der Waals surface area contributed by atoms with Gasteiger partial charge in [-0.05, 0) is 56.3 Å². The van der Waals surface area contributed by atoms with Crippen LogP contribution in [0.25, 0.3) is 0 Å². The second kappa shape index (κ2) is 3.69. The van der Waals surface area contributed by atoms with E-state index in [-0.39, 0.29) is 16.8 Å². The highest BCUT2D eigenvalue weighted by atomic mass is 16.1. The molecule has 4 aliphatic carbocycles. The van der Waals surface area contributed by atoms with Crippen LogP contribution in [-0.4, -0.2) is 9.97 Å². The number of nitrogens with zero attached hydrogens (tertiary/aromatic N) is 2. The molecule has 0 unspecified atom stereocenters. The summed E-state index contributed by atoms with van der Waals surface area (Å²) in [5.74, 6) is 2.54. The number of hydrogen-bond donors (Lipinski definition) is 1. The minimum absolute atomic E-state index is 0.0588. The lowest BCUT2D eigenvalue weighted by Gasteiger charge is -2.56. The van der Waals surface area contributed by atoms with Crippen molar-refractivity contribution in [1.29, 1.82) is 5.26 Å². The first kappa shape index (κ1) is 11.2. The minimum Gasteiger partial charge on any atom is -0.298 e. The molecule has 5 rings (SSSR count). The number of rotatable bonds is 1. The third-order valence-electron chi connectivity index (χ3n) is 5.51. The van der Waals surface area contributed by atoms with Crippen LogP contribution in [0.2, 0.25) is 0 Å². The fourth-order valence-electron chi connectivity index (χ4n) is 5.27. The van der Waals surface area contributed by atoms with Crippen LogP contribution in [0.1, 0.15) is 49.9 Å². The van der Waals surface area contributed by atoms with Crippen molar-refractivity contribution in [3.63, 3.8) is 0 Å². The van der Waals surface area contributed by atoms with E-state index >= 15 is 0 Å². The quantitative estimate of drug-likeness (QED) is 0.835. The van der Waals surface area contributed by atoms with Gasteiger partial charge in [-0.1, -0.05) is 0 Å².